The highest BCUT2D eigenvalue weighted by molar-refractivity contribution is 6.05. The minimum absolute atomic E-state index is 0.208. The lowest BCUT2D eigenvalue weighted by Crippen LogP contribution is -2.04. The number of phenolic OH excluding ortho intramolecular Hbond substituents is 2. The Bertz CT molecular complexity index is 672. The van der Waals surface area contributed by atoms with Gasteiger partial charge in [0, 0.05) is 11.1 Å². The lowest BCUT2D eigenvalue weighted by molar-refractivity contribution is 0.473. The Morgan fingerprint density at radius 1 is 0.708 bits per heavy atom. The lowest BCUT2D eigenvalue weighted by atomic mass is 10.0. The van der Waals surface area contributed by atoms with Crippen molar-refractivity contribution in [1.82, 2.24) is 0 Å². The van der Waals surface area contributed by atoms with E-state index in [4.69, 9.17) is 0 Å². The number of hydrogen-bond acceptors (Lipinski definition) is 4. The number of benzene rings is 2. The van der Waals surface area contributed by atoms with Crippen molar-refractivity contribution in [2.45, 2.75) is 39.5 Å². The van der Waals surface area contributed by atoms with Crippen molar-refractivity contribution < 1.29 is 10.2 Å². The summed E-state index contributed by atoms with van der Waals surface area (Å²) in [6.45, 7) is 4.13. The average molecular weight is 324 g/mol. The molecule has 0 radical (unpaired) electrons. The molecule has 0 aliphatic carbocycles. The van der Waals surface area contributed by atoms with Crippen molar-refractivity contribution >= 4 is 11.4 Å². The van der Waals surface area contributed by atoms with E-state index in [0.29, 0.717) is 11.1 Å². The minimum atomic E-state index is 0.208. The Labute approximate surface area is 143 Å². The summed E-state index contributed by atoms with van der Waals surface area (Å²) >= 11 is 0. The molecule has 0 aliphatic heterocycles. The second kappa shape index (κ2) is 8.87. The van der Waals surface area contributed by atoms with Crippen LogP contribution in [0.3, 0.4) is 0 Å². The van der Waals surface area contributed by atoms with Crippen LogP contribution < -0.4 is 0 Å². The largest absolute Gasteiger partial charge is 0.507 e. The fourth-order valence-corrected chi connectivity index (χ4v) is 2.51. The van der Waals surface area contributed by atoms with Gasteiger partial charge in [-0.05, 0) is 37.1 Å². The van der Waals surface area contributed by atoms with Gasteiger partial charge in [-0.25, -0.2) is 0 Å². The Hall–Kier alpha value is -2.62. The zero-order valence-corrected chi connectivity index (χ0v) is 14.2. The van der Waals surface area contributed by atoms with E-state index in [2.05, 4.69) is 24.1 Å². The Balaban J connectivity index is 2.44. The van der Waals surface area contributed by atoms with Crippen LogP contribution in [-0.4, -0.2) is 21.6 Å². The van der Waals surface area contributed by atoms with Crippen LogP contribution in [0.5, 0.6) is 11.5 Å². The zero-order chi connectivity index (χ0) is 17.4. The van der Waals surface area contributed by atoms with Crippen molar-refractivity contribution in [3.8, 4) is 11.5 Å². The van der Waals surface area contributed by atoms with Crippen LogP contribution in [0.25, 0.3) is 0 Å². The summed E-state index contributed by atoms with van der Waals surface area (Å²) in [5.41, 5.74) is 2.91. The van der Waals surface area contributed by atoms with E-state index < -0.39 is 0 Å². The average Bonchev–Trinajstić information content (AvgIpc) is 2.59. The third kappa shape index (κ3) is 4.44. The van der Waals surface area contributed by atoms with Crippen LogP contribution in [0.2, 0.25) is 0 Å². The molecule has 0 atom stereocenters. The molecule has 2 N–H and O–H groups in total. The van der Waals surface area contributed by atoms with Crippen molar-refractivity contribution in [2.75, 3.05) is 0 Å². The molecule has 0 unspecified atom stereocenters. The summed E-state index contributed by atoms with van der Waals surface area (Å²) in [7, 11) is 0. The number of rotatable bonds is 7. The summed E-state index contributed by atoms with van der Waals surface area (Å²) in [6, 6.07) is 14.3. The topological polar surface area (TPSA) is 65.2 Å². The molecular weight excluding hydrogens is 300 g/mol. The van der Waals surface area contributed by atoms with E-state index in [9.17, 15) is 10.2 Å². The Kier molecular flexibility index (Phi) is 6.55. The van der Waals surface area contributed by atoms with Gasteiger partial charge in [-0.15, -0.1) is 0 Å². The summed E-state index contributed by atoms with van der Waals surface area (Å²) in [6.07, 6.45) is 3.26. The minimum Gasteiger partial charge on any atom is -0.507 e. The molecule has 0 spiro atoms. The maximum Gasteiger partial charge on any atom is 0.124 e. The van der Waals surface area contributed by atoms with Gasteiger partial charge in [0.25, 0.3) is 0 Å². The quantitative estimate of drug-likeness (QED) is 0.562. The summed E-state index contributed by atoms with van der Waals surface area (Å²) < 4.78 is 0. The van der Waals surface area contributed by atoms with Gasteiger partial charge < -0.3 is 10.2 Å². The van der Waals surface area contributed by atoms with Gasteiger partial charge in [0.15, 0.2) is 0 Å². The first-order valence-electron chi connectivity index (χ1n) is 8.37. The molecule has 0 aromatic heterocycles. The Morgan fingerprint density at radius 2 is 1.08 bits per heavy atom. The van der Waals surface area contributed by atoms with E-state index in [1.807, 2.05) is 24.3 Å². The molecule has 0 fully saturated rings. The number of nitrogens with zero attached hydrogens (tertiary/aromatic N) is 2. The summed E-state index contributed by atoms with van der Waals surface area (Å²) in [5.74, 6) is 0.416. The predicted octanol–water partition coefficient (Wildman–Crippen LogP) is 4.89. The molecule has 24 heavy (non-hydrogen) atoms. The molecule has 0 amide bonds. The van der Waals surface area contributed by atoms with Crippen LogP contribution in [0.1, 0.15) is 50.7 Å². The standard InChI is InChI=1S/C20H24N2O2/c1-3-9-17(15-11-5-7-13-19(15)23)21-22-18(10-4-2)16-12-6-8-14-20(16)24/h5-8,11-14,23-24H,3-4,9-10H2,1-2H3/b21-17+,22-18+. The molecule has 2 aromatic carbocycles. The van der Waals surface area contributed by atoms with E-state index >= 15 is 0 Å². The SMILES string of the molecule is CCC/C(=N\N=C(/CCC)c1ccccc1O)c1ccccc1O. The van der Waals surface area contributed by atoms with Crippen LogP contribution in [0.4, 0.5) is 0 Å². The maximum absolute atomic E-state index is 10.1. The number of aromatic hydroxyl groups is 2. The van der Waals surface area contributed by atoms with Gasteiger partial charge in [-0.1, -0.05) is 51.0 Å². The van der Waals surface area contributed by atoms with Gasteiger partial charge in [0.2, 0.25) is 0 Å². The normalized spacial score (nSPS) is 12.4. The number of hydrogen-bond donors (Lipinski definition) is 2. The Morgan fingerprint density at radius 3 is 1.42 bits per heavy atom. The monoisotopic (exact) mass is 324 g/mol. The first-order chi connectivity index (χ1) is 11.7. The van der Waals surface area contributed by atoms with Crippen LogP contribution in [0.15, 0.2) is 58.7 Å². The second-order valence-electron chi connectivity index (χ2n) is 5.63. The second-order valence-corrected chi connectivity index (χ2v) is 5.63. The van der Waals surface area contributed by atoms with Crippen molar-refractivity contribution in [1.29, 1.82) is 0 Å². The highest BCUT2D eigenvalue weighted by Gasteiger charge is 2.10. The number of phenols is 2. The molecule has 0 saturated carbocycles. The first kappa shape index (κ1) is 17.7. The molecule has 4 heteroatoms. The van der Waals surface area contributed by atoms with Gasteiger partial charge in [0.1, 0.15) is 11.5 Å². The third-order valence-electron chi connectivity index (χ3n) is 3.69. The van der Waals surface area contributed by atoms with E-state index in [-0.39, 0.29) is 11.5 Å². The first-order valence-corrected chi connectivity index (χ1v) is 8.37. The molecule has 4 nitrogen and oxygen atoms in total. The molecule has 2 rings (SSSR count). The van der Waals surface area contributed by atoms with E-state index in [1.165, 1.54) is 0 Å². The van der Waals surface area contributed by atoms with Gasteiger partial charge >= 0.3 is 0 Å². The lowest BCUT2D eigenvalue weighted by Gasteiger charge is -2.08. The molecule has 0 saturated heterocycles. The fraction of sp³-hybridized carbons (Fsp3) is 0.300. The van der Waals surface area contributed by atoms with Crippen LogP contribution in [0, 0.1) is 0 Å². The molecule has 126 valence electrons. The summed E-state index contributed by atoms with van der Waals surface area (Å²) in [5, 5.41) is 29.0. The number of para-hydroxylation sites is 2. The van der Waals surface area contributed by atoms with E-state index in [0.717, 1.165) is 37.1 Å². The molecule has 2 aromatic rings. The fourth-order valence-electron chi connectivity index (χ4n) is 2.51. The van der Waals surface area contributed by atoms with Crippen molar-refractivity contribution in [2.24, 2.45) is 10.2 Å². The smallest absolute Gasteiger partial charge is 0.124 e. The highest BCUT2D eigenvalue weighted by Crippen LogP contribution is 2.21. The van der Waals surface area contributed by atoms with Crippen molar-refractivity contribution in [3.63, 3.8) is 0 Å². The van der Waals surface area contributed by atoms with Gasteiger partial charge in [-0.2, -0.15) is 10.2 Å². The van der Waals surface area contributed by atoms with Gasteiger partial charge in [0.05, 0.1) is 11.4 Å². The molecule has 0 heterocycles. The molecular formula is C20H24N2O2. The maximum atomic E-state index is 10.1. The van der Waals surface area contributed by atoms with Crippen molar-refractivity contribution in [3.05, 3.63) is 59.7 Å². The summed E-state index contributed by atoms with van der Waals surface area (Å²) in [4.78, 5) is 0. The van der Waals surface area contributed by atoms with Crippen LogP contribution in [-0.2, 0) is 0 Å². The zero-order valence-electron chi connectivity index (χ0n) is 14.2. The highest BCUT2D eigenvalue weighted by atomic mass is 16.3. The predicted molar refractivity (Wildman–Crippen MR) is 99.1 cm³/mol. The molecule has 0 aliphatic rings. The molecule has 0 bridgehead atoms. The van der Waals surface area contributed by atoms with E-state index in [1.54, 1.807) is 24.3 Å². The third-order valence-corrected chi connectivity index (χ3v) is 3.69. The van der Waals surface area contributed by atoms with Gasteiger partial charge in [-0.3, -0.25) is 0 Å². The van der Waals surface area contributed by atoms with Crippen LogP contribution >= 0.6 is 0 Å².